The maximum Gasteiger partial charge on any atom is 0.192 e. The highest BCUT2D eigenvalue weighted by molar-refractivity contribution is 6.74. The van der Waals surface area contributed by atoms with Crippen LogP contribution in [0.4, 0.5) is 0 Å². The summed E-state index contributed by atoms with van der Waals surface area (Å²) < 4.78 is 12.5. The van der Waals surface area contributed by atoms with Gasteiger partial charge in [0.05, 0.1) is 12.7 Å². The van der Waals surface area contributed by atoms with Crippen LogP contribution in [0.5, 0.6) is 0 Å². The van der Waals surface area contributed by atoms with Crippen molar-refractivity contribution in [2.45, 2.75) is 103 Å². The van der Waals surface area contributed by atoms with Gasteiger partial charge in [0.15, 0.2) is 16.6 Å². The van der Waals surface area contributed by atoms with E-state index in [1.165, 1.54) is 0 Å². The quantitative estimate of drug-likeness (QED) is 0.431. The van der Waals surface area contributed by atoms with Crippen LogP contribution in [0.15, 0.2) is 0 Å². The van der Waals surface area contributed by atoms with Crippen LogP contribution in [0, 0.1) is 0 Å². The molecule has 0 aromatic rings. The van der Waals surface area contributed by atoms with Gasteiger partial charge in [0.1, 0.15) is 0 Å². The molecular formula is C18H42O3Si2. The molecule has 0 aliphatic heterocycles. The minimum Gasteiger partial charge on any atom is -0.417 e. The Morgan fingerprint density at radius 3 is 1.70 bits per heavy atom. The van der Waals surface area contributed by atoms with Crippen molar-refractivity contribution in [2.24, 2.45) is 0 Å². The van der Waals surface area contributed by atoms with E-state index in [9.17, 15) is 5.11 Å². The zero-order chi connectivity index (χ0) is 18.5. The van der Waals surface area contributed by atoms with Gasteiger partial charge in [-0.1, -0.05) is 41.5 Å². The molecule has 0 spiro atoms. The van der Waals surface area contributed by atoms with Crippen molar-refractivity contribution >= 4 is 16.6 Å². The van der Waals surface area contributed by atoms with Crippen molar-refractivity contribution in [1.82, 2.24) is 0 Å². The van der Waals surface area contributed by atoms with Gasteiger partial charge in [-0.2, -0.15) is 0 Å². The lowest BCUT2D eigenvalue weighted by Crippen LogP contribution is -2.44. The molecule has 23 heavy (non-hydrogen) atoms. The van der Waals surface area contributed by atoms with Crippen molar-refractivity contribution in [1.29, 1.82) is 0 Å². The summed E-state index contributed by atoms with van der Waals surface area (Å²) in [5.74, 6) is 0. The third-order valence-corrected chi connectivity index (χ3v) is 14.7. The molecule has 0 saturated carbocycles. The van der Waals surface area contributed by atoms with E-state index in [-0.39, 0.29) is 22.8 Å². The highest BCUT2D eigenvalue weighted by atomic mass is 28.4. The topological polar surface area (TPSA) is 38.7 Å². The Morgan fingerprint density at radius 2 is 1.30 bits per heavy atom. The van der Waals surface area contributed by atoms with E-state index in [4.69, 9.17) is 8.85 Å². The third kappa shape index (κ3) is 7.82. The first-order valence-electron chi connectivity index (χ1n) is 9.07. The molecule has 0 aromatic heterocycles. The van der Waals surface area contributed by atoms with Crippen LogP contribution in [-0.2, 0) is 8.85 Å². The molecule has 0 aliphatic rings. The molecule has 0 unspecified atom stereocenters. The minimum atomic E-state index is -1.80. The van der Waals surface area contributed by atoms with Gasteiger partial charge < -0.3 is 14.0 Å². The summed E-state index contributed by atoms with van der Waals surface area (Å²) in [7, 11) is -3.42. The second-order valence-electron chi connectivity index (χ2n) is 9.79. The average Bonchev–Trinajstić information content (AvgIpc) is 2.33. The van der Waals surface area contributed by atoms with Gasteiger partial charge >= 0.3 is 0 Å². The summed E-state index contributed by atoms with van der Waals surface area (Å²) in [6.45, 7) is 23.6. The van der Waals surface area contributed by atoms with E-state index >= 15 is 0 Å². The van der Waals surface area contributed by atoms with Crippen LogP contribution in [0.1, 0.15) is 60.8 Å². The Bertz CT molecular complexity index is 341. The monoisotopic (exact) mass is 362 g/mol. The summed E-state index contributed by atoms with van der Waals surface area (Å²) in [6.07, 6.45) is 2.99. The number of hydrogen-bond donors (Lipinski definition) is 1. The fourth-order valence-corrected chi connectivity index (χ4v) is 4.27. The predicted octanol–water partition coefficient (Wildman–Crippen LogP) is 5.56. The Hall–Kier alpha value is 0.314. The number of rotatable bonds is 9. The second-order valence-corrected chi connectivity index (χ2v) is 19.4. The average molecular weight is 363 g/mol. The number of aliphatic hydroxyl groups excluding tert-OH is 1. The first kappa shape index (κ1) is 23.3. The Morgan fingerprint density at radius 1 is 0.826 bits per heavy atom. The van der Waals surface area contributed by atoms with E-state index < -0.39 is 16.6 Å². The summed E-state index contributed by atoms with van der Waals surface area (Å²) in [5.41, 5.74) is 0. The zero-order valence-electron chi connectivity index (χ0n) is 17.4. The Kier molecular flexibility index (Phi) is 8.73. The molecule has 0 saturated heterocycles. The van der Waals surface area contributed by atoms with E-state index in [2.05, 4.69) is 67.7 Å². The second kappa shape index (κ2) is 8.61. The molecule has 0 radical (unpaired) electrons. The van der Waals surface area contributed by atoms with Crippen LogP contribution in [0.2, 0.25) is 36.3 Å². The lowest BCUT2D eigenvalue weighted by atomic mass is 10.2. The minimum absolute atomic E-state index is 0.0243. The van der Waals surface area contributed by atoms with E-state index in [1.807, 2.05) is 0 Å². The molecule has 5 heteroatoms. The number of hydrogen-bond acceptors (Lipinski definition) is 3. The molecule has 3 nitrogen and oxygen atoms in total. The van der Waals surface area contributed by atoms with Gasteiger partial charge in [-0.3, -0.25) is 0 Å². The zero-order valence-corrected chi connectivity index (χ0v) is 19.4. The number of aliphatic hydroxyl groups is 1. The van der Waals surface area contributed by atoms with Crippen LogP contribution in [0.3, 0.4) is 0 Å². The van der Waals surface area contributed by atoms with Crippen LogP contribution >= 0.6 is 0 Å². The molecule has 0 aromatic carbocycles. The highest BCUT2D eigenvalue weighted by Crippen LogP contribution is 2.38. The third-order valence-electron chi connectivity index (χ3n) is 5.66. The molecule has 0 rings (SSSR count). The molecule has 1 atom stereocenters. The van der Waals surface area contributed by atoms with E-state index in [1.54, 1.807) is 0 Å². The van der Waals surface area contributed by atoms with Crippen LogP contribution in [-0.4, -0.2) is 41.1 Å². The van der Waals surface area contributed by atoms with E-state index in [0.29, 0.717) is 0 Å². The lowest BCUT2D eigenvalue weighted by Gasteiger charge is -2.39. The summed E-state index contributed by atoms with van der Waals surface area (Å²) >= 11 is 0. The largest absolute Gasteiger partial charge is 0.417 e. The van der Waals surface area contributed by atoms with E-state index in [0.717, 1.165) is 25.9 Å². The SMILES string of the molecule is CC(C)(C)[Si](C)(C)OCCCC[C@@H](CO)O[Si](C)(C)C(C)(C)C. The summed E-state index contributed by atoms with van der Waals surface area (Å²) in [4.78, 5) is 0. The highest BCUT2D eigenvalue weighted by Gasteiger charge is 2.39. The fraction of sp³-hybridized carbons (Fsp3) is 1.00. The van der Waals surface area contributed by atoms with Crippen LogP contribution < -0.4 is 0 Å². The fourth-order valence-electron chi connectivity index (χ4n) is 1.80. The predicted molar refractivity (Wildman–Crippen MR) is 106 cm³/mol. The Labute approximate surface area is 147 Å². The van der Waals surface area contributed by atoms with Gasteiger partial charge in [-0.15, -0.1) is 0 Å². The van der Waals surface area contributed by atoms with Crippen molar-refractivity contribution in [2.75, 3.05) is 13.2 Å². The van der Waals surface area contributed by atoms with Gasteiger partial charge in [-0.05, 0) is 55.5 Å². The Balaban J connectivity index is 4.21. The summed E-state index contributed by atoms with van der Waals surface area (Å²) in [6, 6.07) is 0. The molecule has 1 N–H and O–H groups in total. The van der Waals surface area contributed by atoms with Gasteiger partial charge in [0.2, 0.25) is 0 Å². The first-order valence-corrected chi connectivity index (χ1v) is 14.9. The molecule has 140 valence electrons. The molecular weight excluding hydrogens is 320 g/mol. The first-order chi connectivity index (χ1) is 10.1. The summed E-state index contributed by atoms with van der Waals surface area (Å²) in [5, 5.41) is 10.1. The van der Waals surface area contributed by atoms with Crippen molar-refractivity contribution in [3.63, 3.8) is 0 Å². The normalized spacial score (nSPS) is 15.8. The standard InChI is InChI=1S/C18H42O3Si2/c1-17(2,3)22(7,8)20-14-12-11-13-16(15-19)21-23(9,10)18(4,5)6/h16,19H,11-15H2,1-10H3/t16-/m0/s1. The van der Waals surface area contributed by atoms with Gasteiger partial charge in [0.25, 0.3) is 0 Å². The maximum atomic E-state index is 9.62. The molecule has 0 heterocycles. The molecule has 0 amide bonds. The molecule has 0 aliphatic carbocycles. The lowest BCUT2D eigenvalue weighted by molar-refractivity contribution is 0.0926. The smallest absolute Gasteiger partial charge is 0.192 e. The molecule has 0 fully saturated rings. The maximum absolute atomic E-state index is 9.62. The van der Waals surface area contributed by atoms with Crippen LogP contribution in [0.25, 0.3) is 0 Å². The number of unbranched alkanes of at least 4 members (excludes halogenated alkanes) is 1. The van der Waals surface area contributed by atoms with Crippen molar-refractivity contribution < 1.29 is 14.0 Å². The van der Waals surface area contributed by atoms with Crippen molar-refractivity contribution in [3.8, 4) is 0 Å². The van der Waals surface area contributed by atoms with Crippen molar-refractivity contribution in [3.05, 3.63) is 0 Å². The molecule has 0 bridgehead atoms. The van der Waals surface area contributed by atoms with Gasteiger partial charge in [-0.25, -0.2) is 0 Å². The van der Waals surface area contributed by atoms with Gasteiger partial charge in [0, 0.05) is 6.61 Å².